The Morgan fingerprint density at radius 3 is 2.67 bits per heavy atom. The quantitative estimate of drug-likeness (QED) is 0.751. The molecule has 0 radical (unpaired) electrons. The fraction of sp³-hybridized carbons (Fsp3) is 0.444. The van der Waals surface area contributed by atoms with Crippen LogP contribution in [0.5, 0.6) is 0 Å². The number of nitrogens with one attached hydrogen (secondary N) is 1. The summed E-state index contributed by atoms with van der Waals surface area (Å²) < 4.78 is 6.89. The highest BCUT2D eigenvalue weighted by Crippen LogP contribution is 2.24. The molecule has 0 atom stereocenters. The van der Waals surface area contributed by atoms with Gasteiger partial charge in [-0.15, -0.1) is 0 Å². The van der Waals surface area contributed by atoms with E-state index in [9.17, 15) is 4.79 Å². The number of benzene rings is 1. The Balaban J connectivity index is 0.000000179. The minimum Gasteiger partial charge on any atom is -0.478 e. The number of fused-ring (bicyclic) bond motifs is 3. The van der Waals surface area contributed by atoms with E-state index in [0.29, 0.717) is 6.10 Å². The third-order valence-corrected chi connectivity index (χ3v) is 4.51. The van der Waals surface area contributed by atoms with Crippen LogP contribution in [0.4, 0.5) is 0 Å². The molecule has 6 heteroatoms. The first-order valence-electron chi connectivity index (χ1n) is 8.29. The van der Waals surface area contributed by atoms with E-state index < -0.39 is 5.97 Å². The van der Waals surface area contributed by atoms with E-state index in [1.54, 1.807) is 22.9 Å². The lowest BCUT2D eigenvalue weighted by molar-refractivity contribution is 0.0696. The Hall–Kier alpha value is -2.34. The maximum Gasteiger partial charge on any atom is 0.335 e. The molecule has 0 aliphatic heterocycles. The number of aryl methyl sites for hydroxylation is 1. The molecule has 24 heavy (non-hydrogen) atoms. The molecule has 0 amide bonds. The number of carbonyl (C=O) groups is 1. The van der Waals surface area contributed by atoms with Crippen LogP contribution in [0.2, 0.25) is 0 Å². The number of carboxylic acid groups (broad SMARTS) is 1. The molecule has 2 N–H and O–H groups in total. The first-order valence-corrected chi connectivity index (χ1v) is 8.29. The number of nitrogens with zero attached hydrogens (tertiary/aromatic N) is 2. The number of aromatic carboxylic acids is 1. The highest BCUT2D eigenvalue weighted by Gasteiger charge is 2.11. The second kappa shape index (κ2) is 7.05. The maximum absolute atomic E-state index is 10.9. The van der Waals surface area contributed by atoms with Gasteiger partial charge < -0.3 is 14.8 Å². The Morgan fingerprint density at radius 2 is 2.04 bits per heavy atom. The van der Waals surface area contributed by atoms with Crippen LogP contribution in [0.15, 0.2) is 24.4 Å². The number of methoxy groups -OCH3 is 1. The van der Waals surface area contributed by atoms with Gasteiger partial charge in [0.1, 0.15) is 5.52 Å². The molecular formula is C18H23N3O3. The van der Waals surface area contributed by atoms with Gasteiger partial charge in [-0.1, -0.05) is 19.3 Å². The standard InChI is InChI=1S/C11H9N3O2.C7H14O/c1-14-5-9-10(13-14)7-4-6(11(15)16)2-3-8(7)12-9;1-8-7-5-3-2-4-6-7/h2-5,12H,1H3,(H,15,16);7H,2-6H2,1H3. The Kier molecular flexibility index (Phi) is 4.85. The number of aromatic amines is 1. The summed E-state index contributed by atoms with van der Waals surface area (Å²) in [6.45, 7) is 0. The van der Waals surface area contributed by atoms with Gasteiger partial charge in [-0.25, -0.2) is 4.79 Å². The highest BCUT2D eigenvalue weighted by atomic mass is 16.5. The molecule has 1 saturated carbocycles. The minimum atomic E-state index is -0.924. The van der Waals surface area contributed by atoms with Crippen molar-refractivity contribution in [3.05, 3.63) is 30.0 Å². The topological polar surface area (TPSA) is 80.1 Å². The molecule has 1 aliphatic rings. The molecule has 128 valence electrons. The molecule has 3 aromatic rings. The average molecular weight is 329 g/mol. The predicted molar refractivity (Wildman–Crippen MR) is 93.4 cm³/mol. The molecule has 2 aromatic heterocycles. The second-order valence-electron chi connectivity index (χ2n) is 6.25. The average Bonchev–Trinajstić information content (AvgIpc) is 3.11. The molecule has 1 aromatic carbocycles. The number of aromatic nitrogens is 3. The van der Waals surface area contributed by atoms with Crippen molar-refractivity contribution in [3.8, 4) is 0 Å². The van der Waals surface area contributed by atoms with Crippen LogP contribution in [0, 0.1) is 0 Å². The molecule has 4 rings (SSSR count). The molecular weight excluding hydrogens is 306 g/mol. The normalized spacial score (nSPS) is 15.4. The molecule has 0 spiro atoms. The zero-order valence-corrected chi connectivity index (χ0v) is 14.1. The van der Waals surface area contributed by atoms with Crippen LogP contribution in [0.25, 0.3) is 21.9 Å². The summed E-state index contributed by atoms with van der Waals surface area (Å²) in [5.41, 5.74) is 2.91. The van der Waals surface area contributed by atoms with Gasteiger partial charge in [-0.05, 0) is 31.0 Å². The van der Waals surface area contributed by atoms with E-state index >= 15 is 0 Å². The number of carboxylic acids is 1. The molecule has 6 nitrogen and oxygen atoms in total. The minimum absolute atomic E-state index is 0.277. The van der Waals surface area contributed by atoms with Crippen molar-refractivity contribution in [2.75, 3.05) is 7.11 Å². The van der Waals surface area contributed by atoms with Gasteiger partial charge in [-0.2, -0.15) is 5.10 Å². The third-order valence-electron chi connectivity index (χ3n) is 4.51. The Morgan fingerprint density at radius 1 is 1.29 bits per heavy atom. The van der Waals surface area contributed by atoms with Crippen molar-refractivity contribution in [2.45, 2.75) is 38.2 Å². The van der Waals surface area contributed by atoms with Crippen molar-refractivity contribution in [1.82, 2.24) is 14.8 Å². The lowest BCUT2D eigenvalue weighted by Gasteiger charge is -2.19. The van der Waals surface area contributed by atoms with Gasteiger partial charge in [0.25, 0.3) is 0 Å². The van der Waals surface area contributed by atoms with Crippen molar-refractivity contribution < 1.29 is 14.6 Å². The van der Waals surface area contributed by atoms with Gasteiger partial charge in [0.15, 0.2) is 0 Å². The van der Waals surface area contributed by atoms with Gasteiger partial charge in [0, 0.05) is 31.3 Å². The van der Waals surface area contributed by atoms with Crippen LogP contribution in [-0.2, 0) is 11.8 Å². The zero-order valence-electron chi connectivity index (χ0n) is 14.1. The number of hydrogen-bond donors (Lipinski definition) is 2. The van der Waals surface area contributed by atoms with Gasteiger partial charge in [0.2, 0.25) is 0 Å². The van der Waals surface area contributed by atoms with Crippen molar-refractivity contribution >= 4 is 27.9 Å². The molecule has 0 saturated heterocycles. The van der Waals surface area contributed by atoms with Crippen LogP contribution >= 0.6 is 0 Å². The van der Waals surface area contributed by atoms with E-state index in [4.69, 9.17) is 9.84 Å². The van der Waals surface area contributed by atoms with Gasteiger partial charge in [0.05, 0.1) is 17.2 Å². The maximum atomic E-state index is 10.9. The van der Waals surface area contributed by atoms with Gasteiger partial charge >= 0.3 is 5.97 Å². The van der Waals surface area contributed by atoms with Crippen LogP contribution in [0.1, 0.15) is 42.5 Å². The molecule has 1 aliphatic carbocycles. The summed E-state index contributed by atoms with van der Waals surface area (Å²) >= 11 is 0. The number of ether oxygens (including phenoxy) is 1. The summed E-state index contributed by atoms with van der Waals surface area (Å²) in [5.74, 6) is -0.924. The SMILES string of the molecule is COC1CCCCC1.Cn1cc2[nH]c3ccc(C(=O)O)cc3c2n1. The van der Waals surface area contributed by atoms with E-state index in [2.05, 4.69) is 10.1 Å². The molecule has 2 heterocycles. The second-order valence-corrected chi connectivity index (χ2v) is 6.25. The smallest absolute Gasteiger partial charge is 0.335 e. The molecule has 0 bridgehead atoms. The summed E-state index contributed by atoms with van der Waals surface area (Å²) in [7, 11) is 3.65. The summed E-state index contributed by atoms with van der Waals surface area (Å²) in [6, 6.07) is 4.99. The van der Waals surface area contributed by atoms with Crippen LogP contribution in [-0.4, -0.2) is 39.1 Å². The Bertz CT molecular complexity index is 844. The number of hydrogen-bond acceptors (Lipinski definition) is 3. The van der Waals surface area contributed by atoms with Crippen molar-refractivity contribution in [1.29, 1.82) is 0 Å². The van der Waals surface area contributed by atoms with Crippen LogP contribution < -0.4 is 0 Å². The van der Waals surface area contributed by atoms with Crippen molar-refractivity contribution in [2.24, 2.45) is 7.05 Å². The molecule has 0 unspecified atom stereocenters. The first-order chi connectivity index (χ1) is 11.6. The zero-order chi connectivity index (χ0) is 17.1. The van der Waals surface area contributed by atoms with Crippen LogP contribution in [0.3, 0.4) is 0 Å². The van der Waals surface area contributed by atoms with E-state index in [-0.39, 0.29) is 5.56 Å². The molecule has 1 fully saturated rings. The largest absolute Gasteiger partial charge is 0.478 e. The van der Waals surface area contributed by atoms with Gasteiger partial charge in [-0.3, -0.25) is 4.68 Å². The first kappa shape index (κ1) is 16.5. The number of rotatable bonds is 2. The third kappa shape index (κ3) is 3.43. The summed E-state index contributed by atoms with van der Waals surface area (Å²) in [6.07, 6.45) is 9.20. The van der Waals surface area contributed by atoms with E-state index in [0.717, 1.165) is 21.9 Å². The predicted octanol–water partition coefficient (Wildman–Crippen LogP) is 3.72. The lowest BCUT2D eigenvalue weighted by atomic mass is 9.98. The lowest BCUT2D eigenvalue weighted by Crippen LogP contribution is -2.13. The summed E-state index contributed by atoms with van der Waals surface area (Å²) in [5, 5.41) is 14.1. The number of H-pyrrole nitrogens is 1. The fourth-order valence-corrected chi connectivity index (χ4v) is 3.21. The highest BCUT2D eigenvalue weighted by molar-refractivity contribution is 6.07. The summed E-state index contributed by atoms with van der Waals surface area (Å²) in [4.78, 5) is 14.1. The van der Waals surface area contributed by atoms with E-state index in [1.807, 2.05) is 20.4 Å². The Labute approximate surface area is 140 Å². The van der Waals surface area contributed by atoms with E-state index in [1.165, 1.54) is 32.1 Å². The van der Waals surface area contributed by atoms with Crippen molar-refractivity contribution in [3.63, 3.8) is 0 Å². The fourth-order valence-electron chi connectivity index (χ4n) is 3.21. The monoisotopic (exact) mass is 329 g/mol.